The molecular weight excluding hydrogens is 302 g/mol. The maximum Gasteiger partial charge on any atom is 0.310 e. The molecule has 0 spiro atoms. The van der Waals surface area contributed by atoms with Gasteiger partial charge in [0.25, 0.3) is 5.91 Å². The fraction of sp³-hybridized carbons (Fsp3) is 0.529. The molecule has 1 unspecified atom stereocenters. The number of nitrogens with zero attached hydrogens (tertiary/aromatic N) is 1. The van der Waals surface area contributed by atoms with Crippen LogP contribution in [-0.2, 0) is 9.53 Å². The summed E-state index contributed by atoms with van der Waals surface area (Å²) < 4.78 is 4.75. The number of esters is 1. The molecule has 0 heterocycles. The number of benzene rings is 1. The molecule has 122 valence electrons. The molecule has 0 N–H and O–H groups in total. The zero-order chi connectivity index (χ0) is 16.7. The molecule has 0 radical (unpaired) electrons. The highest BCUT2D eigenvalue weighted by molar-refractivity contribution is 6.30. The van der Waals surface area contributed by atoms with Gasteiger partial charge in [-0.1, -0.05) is 38.4 Å². The first-order valence-electron chi connectivity index (χ1n) is 7.47. The molecule has 22 heavy (non-hydrogen) atoms. The van der Waals surface area contributed by atoms with Crippen LogP contribution in [0, 0.1) is 11.8 Å². The highest BCUT2D eigenvalue weighted by atomic mass is 35.5. The Kier molecular flexibility index (Phi) is 7.39. The number of hydrogen-bond donors (Lipinski definition) is 0. The quantitative estimate of drug-likeness (QED) is 0.719. The van der Waals surface area contributed by atoms with Crippen molar-refractivity contribution in [1.29, 1.82) is 0 Å². The molecule has 0 saturated carbocycles. The van der Waals surface area contributed by atoms with Crippen molar-refractivity contribution in [2.75, 3.05) is 20.2 Å². The predicted octanol–water partition coefficient (Wildman–Crippen LogP) is 3.64. The van der Waals surface area contributed by atoms with Crippen molar-refractivity contribution in [1.82, 2.24) is 4.90 Å². The SMILES string of the molecule is COC(=O)C(C)CN(CCC(C)C)C(=O)c1cccc(Cl)c1. The number of hydrogen-bond acceptors (Lipinski definition) is 3. The highest BCUT2D eigenvalue weighted by Gasteiger charge is 2.22. The predicted molar refractivity (Wildman–Crippen MR) is 88.0 cm³/mol. The van der Waals surface area contributed by atoms with Gasteiger partial charge in [0.05, 0.1) is 13.0 Å². The largest absolute Gasteiger partial charge is 0.469 e. The molecule has 0 aromatic heterocycles. The molecule has 1 amide bonds. The molecule has 0 aliphatic rings. The summed E-state index contributed by atoms with van der Waals surface area (Å²) in [6.45, 7) is 6.91. The number of halogens is 1. The third-order valence-corrected chi connectivity index (χ3v) is 3.67. The Morgan fingerprint density at radius 1 is 1.27 bits per heavy atom. The van der Waals surface area contributed by atoms with Crippen LogP contribution in [-0.4, -0.2) is 37.0 Å². The second-order valence-electron chi connectivity index (χ2n) is 5.87. The Hall–Kier alpha value is -1.55. The van der Waals surface area contributed by atoms with Gasteiger partial charge in [-0.05, 0) is 30.5 Å². The maximum atomic E-state index is 12.7. The van der Waals surface area contributed by atoms with E-state index in [9.17, 15) is 9.59 Å². The van der Waals surface area contributed by atoms with Crippen LogP contribution in [0.15, 0.2) is 24.3 Å². The number of ether oxygens (including phenoxy) is 1. The highest BCUT2D eigenvalue weighted by Crippen LogP contribution is 2.15. The summed E-state index contributed by atoms with van der Waals surface area (Å²) in [6, 6.07) is 6.86. The van der Waals surface area contributed by atoms with Gasteiger partial charge in [-0.2, -0.15) is 0 Å². The summed E-state index contributed by atoms with van der Waals surface area (Å²) in [7, 11) is 1.36. The van der Waals surface area contributed by atoms with E-state index in [-0.39, 0.29) is 17.8 Å². The van der Waals surface area contributed by atoms with E-state index >= 15 is 0 Å². The summed E-state index contributed by atoms with van der Waals surface area (Å²) in [4.78, 5) is 26.0. The Morgan fingerprint density at radius 3 is 2.50 bits per heavy atom. The van der Waals surface area contributed by atoms with Crippen molar-refractivity contribution >= 4 is 23.5 Å². The lowest BCUT2D eigenvalue weighted by atomic mass is 10.1. The smallest absolute Gasteiger partial charge is 0.310 e. The molecule has 0 saturated heterocycles. The van der Waals surface area contributed by atoms with Gasteiger partial charge in [0, 0.05) is 23.7 Å². The first kappa shape index (κ1) is 18.5. The standard InChI is InChI=1S/C17H24ClNO3/c1-12(2)8-9-19(11-13(3)17(21)22-4)16(20)14-6-5-7-15(18)10-14/h5-7,10,12-13H,8-9,11H2,1-4H3. The first-order valence-corrected chi connectivity index (χ1v) is 7.85. The second-order valence-corrected chi connectivity index (χ2v) is 6.30. The Bertz CT molecular complexity index is 516. The van der Waals surface area contributed by atoms with Crippen molar-refractivity contribution in [3.05, 3.63) is 34.9 Å². The molecule has 4 nitrogen and oxygen atoms in total. The Labute approximate surface area is 137 Å². The topological polar surface area (TPSA) is 46.6 Å². The molecule has 5 heteroatoms. The monoisotopic (exact) mass is 325 g/mol. The van der Waals surface area contributed by atoms with Crippen molar-refractivity contribution in [3.63, 3.8) is 0 Å². The second kappa shape index (κ2) is 8.79. The van der Waals surface area contributed by atoms with Gasteiger partial charge < -0.3 is 9.64 Å². The van der Waals surface area contributed by atoms with Gasteiger partial charge in [-0.3, -0.25) is 9.59 Å². The first-order chi connectivity index (χ1) is 10.3. The van der Waals surface area contributed by atoms with Crippen LogP contribution < -0.4 is 0 Å². The zero-order valence-corrected chi connectivity index (χ0v) is 14.4. The lowest BCUT2D eigenvalue weighted by molar-refractivity contribution is -0.145. The Morgan fingerprint density at radius 2 is 1.95 bits per heavy atom. The van der Waals surface area contributed by atoms with Crippen LogP contribution in [0.3, 0.4) is 0 Å². The molecule has 0 aliphatic carbocycles. The summed E-state index contributed by atoms with van der Waals surface area (Å²) in [6.07, 6.45) is 0.875. The number of carbonyl (C=O) groups is 2. The number of methoxy groups -OCH3 is 1. The fourth-order valence-corrected chi connectivity index (χ4v) is 2.29. The molecule has 1 atom stereocenters. The van der Waals surface area contributed by atoms with Gasteiger partial charge in [0.1, 0.15) is 0 Å². The van der Waals surface area contributed by atoms with Crippen LogP contribution in [0.25, 0.3) is 0 Å². The van der Waals surface area contributed by atoms with Gasteiger partial charge in [0.15, 0.2) is 0 Å². The van der Waals surface area contributed by atoms with Crippen LogP contribution in [0.4, 0.5) is 0 Å². The maximum absolute atomic E-state index is 12.7. The lowest BCUT2D eigenvalue weighted by Gasteiger charge is -2.26. The van der Waals surface area contributed by atoms with E-state index in [1.165, 1.54) is 7.11 Å². The number of carbonyl (C=O) groups excluding carboxylic acids is 2. The van der Waals surface area contributed by atoms with Crippen molar-refractivity contribution in [3.8, 4) is 0 Å². The van der Waals surface area contributed by atoms with Gasteiger partial charge in [-0.15, -0.1) is 0 Å². The van der Waals surface area contributed by atoms with Crippen LogP contribution >= 0.6 is 11.6 Å². The Balaban J connectivity index is 2.88. The van der Waals surface area contributed by atoms with E-state index in [2.05, 4.69) is 13.8 Å². The molecule has 1 aromatic rings. The molecular formula is C17H24ClNO3. The summed E-state index contributed by atoms with van der Waals surface area (Å²) in [5.41, 5.74) is 0.535. The van der Waals surface area contributed by atoms with Gasteiger partial charge in [-0.25, -0.2) is 0 Å². The van der Waals surface area contributed by atoms with E-state index in [1.807, 2.05) is 0 Å². The molecule has 1 aromatic carbocycles. The van der Waals surface area contributed by atoms with Gasteiger partial charge >= 0.3 is 5.97 Å². The number of rotatable bonds is 7. The van der Waals surface area contributed by atoms with E-state index in [4.69, 9.17) is 16.3 Å². The fourth-order valence-electron chi connectivity index (χ4n) is 2.10. The third-order valence-electron chi connectivity index (χ3n) is 3.43. The van der Waals surface area contributed by atoms with Crippen molar-refractivity contribution in [2.45, 2.75) is 27.2 Å². The molecule has 1 rings (SSSR count). The average Bonchev–Trinajstić information content (AvgIpc) is 2.49. The minimum absolute atomic E-state index is 0.112. The minimum Gasteiger partial charge on any atom is -0.469 e. The van der Waals surface area contributed by atoms with Crippen LogP contribution in [0.5, 0.6) is 0 Å². The summed E-state index contributed by atoms with van der Waals surface area (Å²) in [5.74, 6) is -0.310. The normalized spacial score (nSPS) is 12.1. The molecule has 0 bridgehead atoms. The summed E-state index contributed by atoms with van der Waals surface area (Å²) >= 11 is 5.95. The third kappa shape index (κ3) is 5.68. The van der Waals surface area contributed by atoms with E-state index < -0.39 is 0 Å². The van der Waals surface area contributed by atoms with E-state index in [0.717, 1.165) is 6.42 Å². The average molecular weight is 326 g/mol. The van der Waals surface area contributed by atoms with E-state index in [1.54, 1.807) is 36.1 Å². The molecule has 0 fully saturated rings. The number of amides is 1. The minimum atomic E-state index is -0.361. The van der Waals surface area contributed by atoms with E-state index in [0.29, 0.717) is 29.6 Å². The van der Waals surface area contributed by atoms with Crippen LogP contribution in [0.1, 0.15) is 37.6 Å². The van der Waals surface area contributed by atoms with Crippen molar-refractivity contribution < 1.29 is 14.3 Å². The lowest BCUT2D eigenvalue weighted by Crippen LogP contribution is -2.38. The summed E-state index contributed by atoms with van der Waals surface area (Å²) in [5, 5.41) is 0.524. The zero-order valence-electron chi connectivity index (χ0n) is 13.6. The van der Waals surface area contributed by atoms with Gasteiger partial charge in [0.2, 0.25) is 0 Å². The van der Waals surface area contributed by atoms with Crippen molar-refractivity contribution in [2.24, 2.45) is 11.8 Å². The molecule has 0 aliphatic heterocycles. The van der Waals surface area contributed by atoms with Crippen LogP contribution in [0.2, 0.25) is 5.02 Å².